The minimum absolute atomic E-state index is 0.0325. The van der Waals surface area contributed by atoms with Gasteiger partial charge in [-0.1, -0.05) is 24.3 Å². The lowest BCUT2D eigenvalue weighted by Gasteiger charge is -2.34. The molecule has 0 aromatic heterocycles. The van der Waals surface area contributed by atoms with Crippen molar-refractivity contribution >= 4 is 17.3 Å². The van der Waals surface area contributed by atoms with Crippen molar-refractivity contribution in [1.82, 2.24) is 0 Å². The molecule has 0 saturated carbocycles. The van der Waals surface area contributed by atoms with Crippen LogP contribution in [0.5, 0.6) is 5.75 Å². The van der Waals surface area contributed by atoms with Gasteiger partial charge in [-0.15, -0.1) is 0 Å². The summed E-state index contributed by atoms with van der Waals surface area (Å²) < 4.78 is 5.96. The van der Waals surface area contributed by atoms with Crippen LogP contribution in [0.4, 0.5) is 11.4 Å². The summed E-state index contributed by atoms with van der Waals surface area (Å²) in [5, 5.41) is 9.13. The van der Waals surface area contributed by atoms with Crippen LogP contribution in [0.3, 0.4) is 0 Å². The monoisotopic (exact) mass is 326 g/mol. The summed E-state index contributed by atoms with van der Waals surface area (Å²) >= 11 is 0. The van der Waals surface area contributed by atoms with E-state index in [1.54, 1.807) is 23.1 Å². The average molecular weight is 326 g/mol. The topological polar surface area (TPSA) is 75.8 Å². The van der Waals surface area contributed by atoms with E-state index in [4.69, 9.17) is 15.6 Å². The average Bonchev–Trinajstić information content (AvgIpc) is 2.57. The standard InChI is InChI=1S/C19H22N2O3/c1-13-5-2-3-6-14(13)11-18-19(23)21(9-4-10-22)16-12-15(20)7-8-17(16)24-18/h2-3,5-8,12,18,22H,4,9-11,20H2,1H3. The summed E-state index contributed by atoms with van der Waals surface area (Å²) in [5.74, 6) is 0.560. The second-order valence-corrected chi connectivity index (χ2v) is 6.03. The third kappa shape index (κ3) is 3.21. The highest BCUT2D eigenvalue weighted by Gasteiger charge is 2.34. The zero-order valence-corrected chi connectivity index (χ0v) is 13.7. The first kappa shape index (κ1) is 16.3. The second kappa shape index (κ2) is 6.93. The quantitative estimate of drug-likeness (QED) is 0.827. The minimum Gasteiger partial charge on any atom is -0.478 e. The van der Waals surface area contributed by atoms with Gasteiger partial charge in [-0.05, 0) is 42.7 Å². The minimum atomic E-state index is -0.569. The largest absolute Gasteiger partial charge is 0.478 e. The zero-order chi connectivity index (χ0) is 17.1. The molecule has 1 unspecified atom stereocenters. The number of carbonyl (C=O) groups is 1. The first-order valence-corrected chi connectivity index (χ1v) is 8.13. The molecule has 1 amide bonds. The van der Waals surface area contributed by atoms with Crippen molar-refractivity contribution in [2.75, 3.05) is 23.8 Å². The molecule has 0 spiro atoms. The van der Waals surface area contributed by atoms with Crippen LogP contribution in [0.15, 0.2) is 42.5 Å². The van der Waals surface area contributed by atoms with E-state index in [0.29, 0.717) is 36.5 Å². The number of benzene rings is 2. The van der Waals surface area contributed by atoms with E-state index in [2.05, 4.69) is 0 Å². The van der Waals surface area contributed by atoms with E-state index >= 15 is 0 Å². The maximum absolute atomic E-state index is 12.9. The van der Waals surface area contributed by atoms with Gasteiger partial charge in [0, 0.05) is 25.3 Å². The summed E-state index contributed by atoms with van der Waals surface area (Å²) in [5.41, 5.74) is 9.34. The van der Waals surface area contributed by atoms with Gasteiger partial charge in [-0.3, -0.25) is 4.79 Å². The smallest absolute Gasteiger partial charge is 0.268 e. The molecule has 0 aliphatic carbocycles. The number of hydrogen-bond acceptors (Lipinski definition) is 4. The van der Waals surface area contributed by atoms with Crippen molar-refractivity contribution in [3.8, 4) is 5.75 Å². The normalized spacial score (nSPS) is 16.7. The lowest BCUT2D eigenvalue weighted by atomic mass is 10.0. The lowest BCUT2D eigenvalue weighted by molar-refractivity contribution is -0.126. The maximum atomic E-state index is 12.9. The van der Waals surface area contributed by atoms with E-state index < -0.39 is 6.10 Å². The molecule has 3 rings (SSSR count). The van der Waals surface area contributed by atoms with E-state index in [1.807, 2.05) is 31.2 Å². The zero-order valence-electron chi connectivity index (χ0n) is 13.7. The fraction of sp³-hybridized carbons (Fsp3) is 0.316. The molecule has 1 aliphatic rings. The van der Waals surface area contributed by atoms with Crippen molar-refractivity contribution in [1.29, 1.82) is 0 Å². The highest BCUT2D eigenvalue weighted by Crippen LogP contribution is 2.36. The number of aryl methyl sites for hydroxylation is 1. The van der Waals surface area contributed by atoms with Crippen LogP contribution in [0.2, 0.25) is 0 Å². The highest BCUT2D eigenvalue weighted by molar-refractivity contribution is 6.00. The SMILES string of the molecule is Cc1ccccc1CC1Oc2ccc(N)cc2N(CCCO)C1=O. The summed E-state index contributed by atoms with van der Waals surface area (Å²) in [6, 6.07) is 13.3. The fourth-order valence-corrected chi connectivity index (χ4v) is 2.97. The summed E-state index contributed by atoms with van der Waals surface area (Å²) in [7, 11) is 0. The van der Waals surface area contributed by atoms with Crippen molar-refractivity contribution in [3.05, 3.63) is 53.6 Å². The summed E-state index contributed by atoms with van der Waals surface area (Å²) in [6.45, 7) is 2.50. The number of aliphatic hydroxyl groups is 1. The third-order valence-electron chi connectivity index (χ3n) is 4.29. The van der Waals surface area contributed by atoms with E-state index in [9.17, 15) is 4.79 Å². The number of anilines is 2. The Balaban J connectivity index is 1.91. The molecule has 0 bridgehead atoms. The van der Waals surface area contributed by atoms with Gasteiger partial charge in [0.15, 0.2) is 6.10 Å². The van der Waals surface area contributed by atoms with Crippen molar-refractivity contribution in [2.45, 2.75) is 25.9 Å². The molecular formula is C19H22N2O3. The predicted molar refractivity (Wildman–Crippen MR) is 94.2 cm³/mol. The molecule has 3 N–H and O–H groups in total. The van der Waals surface area contributed by atoms with Gasteiger partial charge in [-0.25, -0.2) is 0 Å². The molecule has 2 aromatic rings. The predicted octanol–water partition coefficient (Wildman–Crippen LogP) is 2.30. The van der Waals surface area contributed by atoms with Gasteiger partial charge >= 0.3 is 0 Å². The Morgan fingerprint density at radius 1 is 1.25 bits per heavy atom. The van der Waals surface area contributed by atoms with Crippen molar-refractivity contribution in [2.24, 2.45) is 0 Å². The molecule has 5 heteroatoms. The first-order chi connectivity index (χ1) is 11.6. The number of ether oxygens (including phenoxy) is 1. The number of fused-ring (bicyclic) bond motifs is 1. The summed E-state index contributed by atoms with van der Waals surface area (Å²) in [6.07, 6.45) is 0.461. The Labute approximate surface area is 141 Å². The number of hydrogen-bond donors (Lipinski definition) is 2. The van der Waals surface area contributed by atoms with Crippen LogP contribution in [0.25, 0.3) is 0 Å². The Morgan fingerprint density at radius 2 is 2.04 bits per heavy atom. The highest BCUT2D eigenvalue weighted by atomic mass is 16.5. The molecule has 24 heavy (non-hydrogen) atoms. The van der Waals surface area contributed by atoms with Gasteiger partial charge in [0.1, 0.15) is 5.75 Å². The third-order valence-corrected chi connectivity index (χ3v) is 4.29. The van der Waals surface area contributed by atoms with Crippen molar-refractivity contribution in [3.63, 3.8) is 0 Å². The van der Waals surface area contributed by atoms with Crippen LogP contribution < -0.4 is 15.4 Å². The Kier molecular flexibility index (Phi) is 4.71. The van der Waals surface area contributed by atoms with Gasteiger partial charge in [0.2, 0.25) is 0 Å². The number of amides is 1. The van der Waals surface area contributed by atoms with Crippen LogP contribution in [-0.2, 0) is 11.2 Å². The molecule has 0 saturated heterocycles. The summed E-state index contributed by atoms with van der Waals surface area (Å²) in [4.78, 5) is 14.6. The molecular weight excluding hydrogens is 304 g/mol. The van der Waals surface area contributed by atoms with Crippen LogP contribution >= 0.6 is 0 Å². The number of nitrogens with two attached hydrogens (primary N) is 1. The van der Waals surface area contributed by atoms with Crippen LogP contribution in [0.1, 0.15) is 17.5 Å². The van der Waals surface area contributed by atoms with Crippen LogP contribution in [-0.4, -0.2) is 30.3 Å². The number of aliphatic hydroxyl groups excluding tert-OH is 1. The molecule has 2 aromatic carbocycles. The first-order valence-electron chi connectivity index (χ1n) is 8.13. The van der Waals surface area contributed by atoms with E-state index in [-0.39, 0.29) is 12.5 Å². The van der Waals surface area contributed by atoms with Crippen molar-refractivity contribution < 1.29 is 14.6 Å². The molecule has 1 atom stereocenters. The molecule has 0 radical (unpaired) electrons. The molecule has 1 aliphatic heterocycles. The Hall–Kier alpha value is -2.53. The fourth-order valence-electron chi connectivity index (χ4n) is 2.97. The van der Waals surface area contributed by atoms with E-state index in [1.165, 1.54) is 0 Å². The number of nitrogens with zero attached hydrogens (tertiary/aromatic N) is 1. The number of nitrogen functional groups attached to an aromatic ring is 1. The maximum Gasteiger partial charge on any atom is 0.268 e. The number of carbonyl (C=O) groups excluding carboxylic acids is 1. The van der Waals surface area contributed by atoms with Gasteiger partial charge < -0.3 is 20.5 Å². The Bertz CT molecular complexity index is 745. The second-order valence-electron chi connectivity index (χ2n) is 6.03. The Morgan fingerprint density at radius 3 is 2.79 bits per heavy atom. The van der Waals surface area contributed by atoms with Gasteiger partial charge in [-0.2, -0.15) is 0 Å². The molecule has 5 nitrogen and oxygen atoms in total. The van der Waals surface area contributed by atoms with Crippen LogP contribution in [0, 0.1) is 6.92 Å². The van der Waals surface area contributed by atoms with E-state index in [0.717, 1.165) is 11.1 Å². The van der Waals surface area contributed by atoms with Gasteiger partial charge in [0.05, 0.1) is 5.69 Å². The molecule has 126 valence electrons. The van der Waals surface area contributed by atoms with Gasteiger partial charge in [0.25, 0.3) is 5.91 Å². The molecule has 1 heterocycles. The lowest BCUT2D eigenvalue weighted by Crippen LogP contribution is -2.47. The molecule has 0 fully saturated rings. The number of rotatable bonds is 5.